The first-order valence-electron chi connectivity index (χ1n) is 13.6. The summed E-state index contributed by atoms with van der Waals surface area (Å²) < 4.78 is 6.21. The van der Waals surface area contributed by atoms with E-state index in [1.807, 2.05) is 62.4 Å². The van der Waals surface area contributed by atoms with Crippen molar-refractivity contribution in [1.29, 1.82) is 0 Å². The molecule has 4 atom stereocenters. The SMILES string of the molecule is CC1(CO)CC=C(O)C(CO)(c2ccccc2COCc2ccccc2C2(CO)CC(C)(CO)CC=C2O)C1. The molecule has 2 aromatic rings. The lowest BCUT2D eigenvalue weighted by Gasteiger charge is -2.44. The monoisotopic (exact) mass is 538 g/mol. The highest BCUT2D eigenvalue weighted by molar-refractivity contribution is 5.43. The molecule has 0 aliphatic heterocycles. The molecule has 7 nitrogen and oxygen atoms in total. The molecule has 4 unspecified atom stereocenters. The van der Waals surface area contributed by atoms with Crippen LogP contribution in [0.5, 0.6) is 0 Å². The lowest BCUT2D eigenvalue weighted by atomic mass is 9.62. The Morgan fingerprint density at radius 2 is 1.00 bits per heavy atom. The van der Waals surface area contributed by atoms with E-state index in [2.05, 4.69) is 0 Å². The number of aliphatic hydroxyl groups excluding tert-OH is 6. The Kier molecular flexibility index (Phi) is 8.59. The maximum Gasteiger partial charge on any atom is 0.101 e. The molecule has 0 bridgehead atoms. The van der Waals surface area contributed by atoms with E-state index in [9.17, 15) is 30.6 Å². The van der Waals surface area contributed by atoms with Gasteiger partial charge in [-0.2, -0.15) is 0 Å². The zero-order valence-corrected chi connectivity index (χ0v) is 22.9. The number of hydrogen-bond donors (Lipinski definition) is 6. The van der Waals surface area contributed by atoms with Crippen LogP contribution in [-0.4, -0.2) is 57.1 Å². The van der Waals surface area contributed by atoms with Gasteiger partial charge in [-0.1, -0.05) is 62.4 Å². The average molecular weight is 539 g/mol. The summed E-state index contributed by atoms with van der Waals surface area (Å²) >= 11 is 0. The molecule has 2 aromatic carbocycles. The molecule has 0 fully saturated rings. The molecule has 0 aromatic heterocycles. The molecule has 0 heterocycles. The zero-order chi connectivity index (χ0) is 28.3. The van der Waals surface area contributed by atoms with E-state index in [1.54, 1.807) is 12.2 Å². The van der Waals surface area contributed by atoms with Crippen molar-refractivity contribution in [2.45, 2.75) is 63.6 Å². The molecule has 0 amide bonds. The summed E-state index contributed by atoms with van der Waals surface area (Å²) in [5, 5.41) is 63.1. The van der Waals surface area contributed by atoms with Crippen LogP contribution in [0.4, 0.5) is 0 Å². The van der Waals surface area contributed by atoms with Crippen LogP contribution < -0.4 is 0 Å². The van der Waals surface area contributed by atoms with Gasteiger partial charge < -0.3 is 35.4 Å². The van der Waals surface area contributed by atoms with Gasteiger partial charge in [0.25, 0.3) is 0 Å². The Balaban J connectivity index is 1.62. The van der Waals surface area contributed by atoms with Crippen LogP contribution in [0.3, 0.4) is 0 Å². The van der Waals surface area contributed by atoms with Crippen LogP contribution in [0.2, 0.25) is 0 Å². The van der Waals surface area contributed by atoms with Gasteiger partial charge in [0.05, 0.1) is 37.3 Å². The van der Waals surface area contributed by atoms with Gasteiger partial charge in [-0.05, 0) is 70.9 Å². The van der Waals surface area contributed by atoms with E-state index >= 15 is 0 Å². The van der Waals surface area contributed by atoms with E-state index in [4.69, 9.17) is 4.74 Å². The summed E-state index contributed by atoms with van der Waals surface area (Å²) in [4.78, 5) is 0. The summed E-state index contributed by atoms with van der Waals surface area (Å²) in [5.74, 6) is 0.204. The van der Waals surface area contributed by atoms with E-state index in [1.165, 1.54) is 0 Å². The molecular formula is C32H42O7. The Bertz CT molecular complexity index is 1130. The average Bonchev–Trinajstić information content (AvgIpc) is 2.96. The number of ether oxygens (including phenoxy) is 1. The van der Waals surface area contributed by atoms with Crippen molar-refractivity contribution in [3.05, 3.63) is 94.5 Å². The molecule has 39 heavy (non-hydrogen) atoms. The molecule has 212 valence electrons. The van der Waals surface area contributed by atoms with Gasteiger partial charge in [-0.3, -0.25) is 0 Å². The number of allylic oxidation sites excluding steroid dienone is 2. The third-order valence-corrected chi connectivity index (χ3v) is 8.90. The van der Waals surface area contributed by atoms with E-state index in [-0.39, 0.29) is 51.2 Å². The fourth-order valence-corrected chi connectivity index (χ4v) is 6.51. The highest BCUT2D eigenvalue weighted by Crippen LogP contribution is 2.49. The second kappa shape index (κ2) is 11.4. The Morgan fingerprint density at radius 1 is 0.615 bits per heavy atom. The second-order valence-corrected chi connectivity index (χ2v) is 12.2. The number of rotatable bonds is 10. The lowest BCUT2D eigenvalue weighted by molar-refractivity contribution is 0.0530. The fraction of sp³-hybridized carbons (Fsp3) is 0.500. The van der Waals surface area contributed by atoms with Gasteiger partial charge in [-0.25, -0.2) is 0 Å². The highest BCUT2D eigenvalue weighted by atomic mass is 16.5. The largest absolute Gasteiger partial charge is 0.512 e. The Labute approximate surface area is 230 Å². The van der Waals surface area contributed by atoms with Gasteiger partial charge in [-0.15, -0.1) is 0 Å². The maximum absolute atomic E-state index is 11.0. The number of benzene rings is 2. The van der Waals surface area contributed by atoms with Crippen LogP contribution in [0.15, 0.2) is 72.2 Å². The summed E-state index contributed by atoms with van der Waals surface area (Å²) in [5.41, 5.74) is 0.120. The Morgan fingerprint density at radius 3 is 1.36 bits per heavy atom. The summed E-state index contributed by atoms with van der Waals surface area (Å²) in [6.07, 6.45) is 5.23. The fourth-order valence-electron chi connectivity index (χ4n) is 6.51. The van der Waals surface area contributed by atoms with Gasteiger partial charge in [0.1, 0.15) is 11.5 Å². The predicted molar refractivity (Wildman–Crippen MR) is 149 cm³/mol. The zero-order valence-electron chi connectivity index (χ0n) is 22.9. The quantitative estimate of drug-likeness (QED) is 0.265. The van der Waals surface area contributed by atoms with Gasteiger partial charge in [0, 0.05) is 13.2 Å². The molecule has 0 radical (unpaired) electrons. The molecule has 0 spiro atoms. The van der Waals surface area contributed by atoms with Crippen molar-refractivity contribution in [3.8, 4) is 0 Å². The summed E-state index contributed by atoms with van der Waals surface area (Å²) in [7, 11) is 0. The second-order valence-electron chi connectivity index (χ2n) is 12.2. The minimum atomic E-state index is -1.04. The van der Waals surface area contributed by atoms with Crippen molar-refractivity contribution in [2.75, 3.05) is 26.4 Å². The van der Waals surface area contributed by atoms with Gasteiger partial charge in [0.2, 0.25) is 0 Å². The standard InChI is InChI=1S/C32H42O7/c1-29(19-33)13-11-27(37)31(17-29,21-35)25-9-5-3-7-23(25)15-39-16-24-8-4-6-10-26(24)32(22-36)18-30(2,20-34)14-12-28(32)38/h3-12,33-38H,13-22H2,1-2H3. The number of aliphatic hydroxyl groups is 6. The molecule has 2 aliphatic carbocycles. The van der Waals surface area contributed by atoms with Crippen molar-refractivity contribution in [3.63, 3.8) is 0 Å². The van der Waals surface area contributed by atoms with Crippen molar-refractivity contribution >= 4 is 0 Å². The maximum atomic E-state index is 11.0. The summed E-state index contributed by atoms with van der Waals surface area (Å²) in [6, 6.07) is 15.1. The van der Waals surface area contributed by atoms with E-state index in [0.29, 0.717) is 25.7 Å². The molecule has 4 rings (SSSR count). The van der Waals surface area contributed by atoms with Crippen molar-refractivity contribution in [1.82, 2.24) is 0 Å². The lowest BCUT2D eigenvalue weighted by Crippen LogP contribution is -2.44. The molecular weight excluding hydrogens is 496 g/mol. The smallest absolute Gasteiger partial charge is 0.101 e. The molecule has 6 N–H and O–H groups in total. The van der Waals surface area contributed by atoms with E-state index in [0.717, 1.165) is 22.3 Å². The summed E-state index contributed by atoms with van der Waals surface area (Å²) in [6.45, 7) is 3.58. The molecule has 0 saturated heterocycles. The van der Waals surface area contributed by atoms with Crippen LogP contribution in [-0.2, 0) is 28.8 Å². The molecule has 7 heteroatoms. The van der Waals surface area contributed by atoms with Gasteiger partial charge >= 0.3 is 0 Å². The van der Waals surface area contributed by atoms with Crippen molar-refractivity contribution < 1.29 is 35.4 Å². The minimum Gasteiger partial charge on any atom is -0.512 e. The predicted octanol–water partition coefficient (Wildman–Crippen LogP) is 4.33. The van der Waals surface area contributed by atoms with Crippen LogP contribution >= 0.6 is 0 Å². The first-order valence-corrected chi connectivity index (χ1v) is 13.6. The third-order valence-electron chi connectivity index (χ3n) is 8.90. The molecule has 2 aliphatic rings. The van der Waals surface area contributed by atoms with Crippen LogP contribution in [0, 0.1) is 10.8 Å². The van der Waals surface area contributed by atoms with Crippen LogP contribution in [0.1, 0.15) is 61.8 Å². The third kappa shape index (κ3) is 5.39. The Hall–Kier alpha value is -2.68. The van der Waals surface area contributed by atoms with Crippen molar-refractivity contribution in [2.24, 2.45) is 10.8 Å². The first-order chi connectivity index (χ1) is 18.6. The van der Waals surface area contributed by atoms with E-state index < -0.39 is 21.7 Å². The first kappa shape index (κ1) is 29.3. The molecule has 0 saturated carbocycles. The van der Waals surface area contributed by atoms with Gasteiger partial charge in [0.15, 0.2) is 0 Å². The highest BCUT2D eigenvalue weighted by Gasteiger charge is 2.47. The normalized spacial score (nSPS) is 31.0. The van der Waals surface area contributed by atoms with Crippen LogP contribution in [0.25, 0.3) is 0 Å². The minimum absolute atomic E-state index is 0.0583. The topological polar surface area (TPSA) is 131 Å². The number of hydrogen-bond acceptors (Lipinski definition) is 7.